The van der Waals surface area contributed by atoms with Crippen LogP contribution in [0.3, 0.4) is 0 Å². The maximum atomic E-state index is 12.2. The van der Waals surface area contributed by atoms with Crippen LogP contribution < -0.4 is 0 Å². The van der Waals surface area contributed by atoms with Crippen molar-refractivity contribution in [3.05, 3.63) is 35.0 Å². The fourth-order valence-corrected chi connectivity index (χ4v) is 5.35. The molecule has 29 heavy (non-hydrogen) atoms. The zero-order chi connectivity index (χ0) is 20.6. The molecule has 2 fully saturated rings. The van der Waals surface area contributed by atoms with Crippen molar-refractivity contribution >= 4 is 35.1 Å². The van der Waals surface area contributed by atoms with Gasteiger partial charge in [-0.2, -0.15) is 0 Å². The normalized spacial score (nSPS) is 27.8. The number of rotatable bonds is 5. The van der Waals surface area contributed by atoms with Crippen molar-refractivity contribution in [2.24, 2.45) is 5.41 Å². The van der Waals surface area contributed by atoms with E-state index in [1.54, 1.807) is 11.9 Å². The van der Waals surface area contributed by atoms with E-state index < -0.39 is 5.97 Å². The maximum absolute atomic E-state index is 12.2. The molecule has 0 N–H and O–H groups in total. The van der Waals surface area contributed by atoms with E-state index in [0.717, 1.165) is 55.7 Å². The fraction of sp³-hybridized carbons (Fsp3) is 0.619. The number of fused-ring (bicyclic) bond motifs is 1. The number of halogens is 2. The Morgan fingerprint density at radius 2 is 2.14 bits per heavy atom. The summed E-state index contributed by atoms with van der Waals surface area (Å²) in [7, 11) is 1.75. The van der Waals surface area contributed by atoms with Crippen LogP contribution in [0.4, 0.5) is 0 Å². The van der Waals surface area contributed by atoms with Crippen molar-refractivity contribution in [1.82, 2.24) is 9.80 Å². The van der Waals surface area contributed by atoms with Gasteiger partial charge in [0.2, 0.25) is 5.91 Å². The Labute approximate surface area is 181 Å². The van der Waals surface area contributed by atoms with Crippen molar-refractivity contribution in [2.45, 2.75) is 51.2 Å². The van der Waals surface area contributed by atoms with Gasteiger partial charge < -0.3 is 19.3 Å². The third-order valence-electron chi connectivity index (χ3n) is 6.48. The Kier molecular flexibility index (Phi) is 5.85. The largest absolute Gasteiger partial charge is 0.472 e. The van der Waals surface area contributed by atoms with Crippen LogP contribution in [0.15, 0.2) is 35.0 Å². The summed E-state index contributed by atoms with van der Waals surface area (Å²) in [6, 6.07) is 0. The summed E-state index contributed by atoms with van der Waals surface area (Å²) in [5.74, 6) is 0.203. The van der Waals surface area contributed by atoms with E-state index in [-0.39, 0.29) is 35.9 Å². The van der Waals surface area contributed by atoms with Crippen LogP contribution >= 0.6 is 23.2 Å². The Hall–Kier alpha value is -1.66. The van der Waals surface area contributed by atoms with Gasteiger partial charge in [-0.25, -0.2) is 0 Å². The minimum atomic E-state index is -0.421. The number of hydrogen-bond acceptors (Lipinski definition) is 5. The second kappa shape index (κ2) is 8.23. The van der Waals surface area contributed by atoms with Crippen LogP contribution in [0.1, 0.15) is 44.9 Å². The summed E-state index contributed by atoms with van der Waals surface area (Å²) in [5.41, 5.74) is 3.17. The molecule has 1 amide bonds. The van der Waals surface area contributed by atoms with Crippen molar-refractivity contribution < 1.29 is 19.1 Å². The van der Waals surface area contributed by atoms with E-state index in [0.29, 0.717) is 6.42 Å². The minimum absolute atomic E-state index is 0.0630. The summed E-state index contributed by atoms with van der Waals surface area (Å²) in [6.45, 7) is 0.199. The third-order valence-corrected chi connectivity index (χ3v) is 6.93. The van der Waals surface area contributed by atoms with Crippen molar-refractivity contribution in [3.63, 3.8) is 0 Å². The van der Waals surface area contributed by atoms with Crippen LogP contribution in [0.2, 0.25) is 0 Å². The van der Waals surface area contributed by atoms with E-state index in [2.05, 4.69) is 11.0 Å². The van der Waals surface area contributed by atoms with Gasteiger partial charge >= 0.3 is 5.97 Å². The summed E-state index contributed by atoms with van der Waals surface area (Å²) >= 11 is 11.4. The molecular formula is C21H26Cl2N2O4. The molecule has 2 unspecified atom stereocenters. The van der Waals surface area contributed by atoms with Gasteiger partial charge in [-0.15, -0.1) is 23.2 Å². The lowest BCUT2D eigenvalue weighted by molar-refractivity contribution is -0.140. The molecule has 1 aliphatic carbocycles. The monoisotopic (exact) mass is 440 g/mol. The lowest BCUT2D eigenvalue weighted by Crippen LogP contribution is -2.40. The molecule has 0 radical (unpaired) electrons. The van der Waals surface area contributed by atoms with Gasteiger partial charge in [0.1, 0.15) is 24.1 Å². The van der Waals surface area contributed by atoms with Crippen LogP contribution in [-0.4, -0.2) is 53.3 Å². The van der Waals surface area contributed by atoms with Gasteiger partial charge in [0.25, 0.3) is 0 Å². The molecular weight excluding hydrogens is 415 g/mol. The number of ether oxygens (including phenoxy) is 2. The number of hydrogen-bond donors (Lipinski definition) is 0. The summed E-state index contributed by atoms with van der Waals surface area (Å²) in [6.07, 6.45) is 10.4. The Morgan fingerprint density at radius 1 is 1.31 bits per heavy atom. The number of carbonyl (C=O) groups is 2. The molecule has 1 spiro atoms. The van der Waals surface area contributed by atoms with Crippen LogP contribution in [0.25, 0.3) is 0 Å². The molecule has 0 aromatic carbocycles. The summed E-state index contributed by atoms with van der Waals surface area (Å²) in [4.78, 5) is 27.7. The molecule has 0 bridgehead atoms. The molecule has 0 aromatic rings. The van der Waals surface area contributed by atoms with Crippen LogP contribution in [-0.2, 0) is 19.1 Å². The first-order chi connectivity index (χ1) is 14.0. The van der Waals surface area contributed by atoms with E-state index in [9.17, 15) is 9.59 Å². The van der Waals surface area contributed by atoms with Crippen molar-refractivity contribution in [1.29, 1.82) is 0 Å². The van der Waals surface area contributed by atoms with Crippen molar-refractivity contribution in [2.75, 3.05) is 25.4 Å². The molecule has 3 aliphatic heterocycles. The summed E-state index contributed by atoms with van der Waals surface area (Å²) < 4.78 is 11.9. The van der Waals surface area contributed by atoms with Gasteiger partial charge in [-0.05, 0) is 37.7 Å². The molecule has 8 heteroatoms. The number of amides is 1. The zero-order valence-electron chi connectivity index (χ0n) is 16.6. The average Bonchev–Trinajstić information content (AvgIpc) is 3.14. The molecule has 158 valence electrons. The van der Waals surface area contributed by atoms with E-state index >= 15 is 0 Å². The number of allylic oxidation sites excluding steroid dienone is 3. The quantitative estimate of drug-likeness (QED) is 0.479. The smallest absolute Gasteiger partial charge is 0.321 e. The fourth-order valence-electron chi connectivity index (χ4n) is 5.09. The first kappa shape index (κ1) is 20.6. The Morgan fingerprint density at radius 3 is 2.90 bits per heavy atom. The third kappa shape index (κ3) is 3.44. The molecule has 6 nitrogen and oxygen atoms in total. The predicted molar refractivity (Wildman–Crippen MR) is 110 cm³/mol. The molecule has 1 saturated carbocycles. The molecule has 4 aliphatic rings. The Balaban J connectivity index is 1.76. The van der Waals surface area contributed by atoms with Gasteiger partial charge in [0, 0.05) is 19.7 Å². The predicted octanol–water partition coefficient (Wildman–Crippen LogP) is 3.86. The molecule has 1 saturated heterocycles. The zero-order valence-corrected chi connectivity index (χ0v) is 18.1. The van der Waals surface area contributed by atoms with E-state index in [1.807, 2.05) is 6.20 Å². The maximum Gasteiger partial charge on any atom is 0.321 e. The number of nitrogens with zero attached hydrogens (tertiary/aromatic N) is 2. The van der Waals surface area contributed by atoms with Gasteiger partial charge in [-0.3, -0.25) is 9.59 Å². The van der Waals surface area contributed by atoms with Crippen LogP contribution in [0.5, 0.6) is 0 Å². The highest BCUT2D eigenvalue weighted by molar-refractivity contribution is 6.27. The highest BCUT2D eigenvalue weighted by Crippen LogP contribution is 2.60. The lowest BCUT2D eigenvalue weighted by atomic mass is 9.64. The van der Waals surface area contributed by atoms with E-state index in [1.165, 1.54) is 5.57 Å². The van der Waals surface area contributed by atoms with Crippen molar-refractivity contribution in [3.8, 4) is 0 Å². The second-order valence-corrected chi connectivity index (χ2v) is 8.53. The van der Waals surface area contributed by atoms with Crippen LogP contribution in [0, 0.1) is 5.41 Å². The highest BCUT2D eigenvalue weighted by Gasteiger charge is 2.55. The summed E-state index contributed by atoms with van der Waals surface area (Å²) in [5, 5.41) is 0. The topological polar surface area (TPSA) is 59.1 Å². The Bertz CT molecular complexity index is 807. The average molecular weight is 441 g/mol. The molecule has 0 aromatic heterocycles. The van der Waals surface area contributed by atoms with E-state index in [4.69, 9.17) is 32.7 Å². The first-order valence-electron chi connectivity index (χ1n) is 10.1. The first-order valence-corrected chi connectivity index (χ1v) is 11.2. The second-order valence-electron chi connectivity index (χ2n) is 7.99. The minimum Gasteiger partial charge on any atom is -0.472 e. The van der Waals surface area contributed by atoms with Gasteiger partial charge in [-0.1, -0.05) is 12.5 Å². The molecule has 3 heterocycles. The highest BCUT2D eigenvalue weighted by atomic mass is 35.5. The number of esters is 1. The molecule has 2 atom stereocenters. The number of carbonyl (C=O) groups excluding carboxylic acids is 2. The van der Waals surface area contributed by atoms with Gasteiger partial charge in [0.05, 0.1) is 16.8 Å². The standard InChI is InChI=1S/C21H26Cl2N2O4/c1-24(17(26)11-22)18-10-21-8-4-2-6-14(21)16(13-28-19(27)12-23)25-9-5-3-7-15(25)20(21)29-18/h5,9,18H,2-4,6-8,10-13H2,1H3. The molecule has 4 rings (SSSR count). The lowest BCUT2D eigenvalue weighted by Gasteiger charge is -2.46. The number of alkyl halides is 2. The SMILES string of the molecule is CN(C(=O)CCl)C1CC23CCCCC2=C(COC(=O)CCl)N2C=CCCC2=C3O1. The van der Waals surface area contributed by atoms with Gasteiger partial charge in [0.15, 0.2) is 6.23 Å².